The van der Waals surface area contributed by atoms with Gasteiger partial charge in [-0.05, 0) is 6.42 Å². The van der Waals surface area contributed by atoms with Crippen molar-refractivity contribution in [3.05, 3.63) is 0 Å². The lowest BCUT2D eigenvalue weighted by molar-refractivity contribution is -0.151. The molecule has 5 heteroatoms. The number of amides is 1. The van der Waals surface area contributed by atoms with Crippen molar-refractivity contribution >= 4 is 5.91 Å². The van der Waals surface area contributed by atoms with Gasteiger partial charge < -0.3 is 20.1 Å². The lowest BCUT2D eigenvalue weighted by Crippen LogP contribution is -2.53. The Kier molecular flexibility index (Phi) is 3.00. The first kappa shape index (κ1) is 9.89. The normalized spacial score (nSPS) is 33.8. The number of carbonyl (C=O) groups excluding carboxylic acids is 1. The molecule has 0 spiro atoms. The molecule has 2 fully saturated rings. The van der Waals surface area contributed by atoms with Crippen molar-refractivity contribution in [3.63, 3.8) is 0 Å². The molecule has 5 nitrogen and oxygen atoms in total. The van der Waals surface area contributed by atoms with Gasteiger partial charge in [0.1, 0.15) is 6.61 Å². The van der Waals surface area contributed by atoms with E-state index < -0.39 is 0 Å². The molecule has 2 N–H and O–H groups in total. The fraction of sp³-hybridized carbons (Fsp3) is 0.889. The molecule has 80 valence electrons. The lowest BCUT2D eigenvalue weighted by atomic mass is 10.1. The van der Waals surface area contributed by atoms with E-state index in [2.05, 4.69) is 0 Å². The van der Waals surface area contributed by atoms with E-state index in [-0.39, 0.29) is 24.7 Å². The first-order valence-electron chi connectivity index (χ1n) is 5.00. The molecule has 2 atom stereocenters. The first-order chi connectivity index (χ1) is 6.81. The van der Waals surface area contributed by atoms with Gasteiger partial charge in [-0.1, -0.05) is 0 Å². The number of nitrogens with two attached hydrogens (primary N) is 1. The van der Waals surface area contributed by atoms with Crippen LogP contribution >= 0.6 is 0 Å². The Morgan fingerprint density at radius 2 is 2.43 bits per heavy atom. The van der Waals surface area contributed by atoms with Crippen LogP contribution in [0.1, 0.15) is 6.42 Å². The SMILES string of the molecule is NCC1CN(C2CCOC2)C(=O)CO1. The molecule has 1 amide bonds. The smallest absolute Gasteiger partial charge is 0.249 e. The summed E-state index contributed by atoms with van der Waals surface area (Å²) in [5.41, 5.74) is 5.52. The summed E-state index contributed by atoms with van der Waals surface area (Å²) in [4.78, 5) is 13.4. The molecule has 2 aliphatic rings. The van der Waals surface area contributed by atoms with E-state index in [9.17, 15) is 4.79 Å². The minimum Gasteiger partial charge on any atom is -0.379 e. The summed E-state index contributed by atoms with van der Waals surface area (Å²) >= 11 is 0. The second kappa shape index (κ2) is 4.25. The summed E-state index contributed by atoms with van der Waals surface area (Å²) in [7, 11) is 0. The van der Waals surface area contributed by atoms with Crippen LogP contribution in [0.25, 0.3) is 0 Å². The Balaban J connectivity index is 1.96. The zero-order chi connectivity index (χ0) is 9.97. The van der Waals surface area contributed by atoms with Gasteiger partial charge in [0.05, 0.1) is 18.8 Å². The van der Waals surface area contributed by atoms with Crippen molar-refractivity contribution in [1.29, 1.82) is 0 Å². The molecule has 2 rings (SSSR count). The van der Waals surface area contributed by atoms with Crippen LogP contribution in [0.3, 0.4) is 0 Å². The molecule has 14 heavy (non-hydrogen) atoms. The van der Waals surface area contributed by atoms with Crippen molar-refractivity contribution < 1.29 is 14.3 Å². The van der Waals surface area contributed by atoms with E-state index in [0.29, 0.717) is 19.7 Å². The Bertz CT molecular complexity index is 216. The van der Waals surface area contributed by atoms with Gasteiger partial charge in [-0.3, -0.25) is 4.79 Å². The fourth-order valence-electron chi connectivity index (χ4n) is 1.91. The molecule has 0 saturated carbocycles. The first-order valence-corrected chi connectivity index (χ1v) is 5.00. The minimum atomic E-state index is -0.00620. The average Bonchev–Trinajstić information content (AvgIpc) is 2.71. The summed E-state index contributed by atoms with van der Waals surface area (Å²) in [5.74, 6) is 0.0604. The van der Waals surface area contributed by atoms with Crippen LogP contribution in [0, 0.1) is 0 Å². The Hall–Kier alpha value is -0.650. The maximum absolute atomic E-state index is 11.5. The van der Waals surface area contributed by atoms with Crippen molar-refractivity contribution in [2.45, 2.75) is 18.6 Å². The number of rotatable bonds is 2. The van der Waals surface area contributed by atoms with Gasteiger partial charge in [-0.2, -0.15) is 0 Å². The topological polar surface area (TPSA) is 64.8 Å². The molecule has 2 aliphatic heterocycles. The van der Waals surface area contributed by atoms with E-state index in [1.54, 1.807) is 0 Å². The van der Waals surface area contributed by atoms with Crippen molar-refractivity contribution in [3.8, 4) is 0 Å². The third-order valence-corrected chi connectivity index (χ3v) is 2.77. The highest BCUT2D eigenvalue weighted by atomic mass is 16.5. The van der Waals surface area contributed by atoms with Crippen molar-refractivity contribution in [1.82, 2.24) is 4.90 Å². The molecule has 0 bridgehead atoms. The van der Waals surface area contributed by atoms with Crippen molar-refractivity contribution in [2.75, 3.05) is 32.9 Å². The highest BCUT2D eigenvalue weighted by molar-refractivity contribution is 5.78. The molecule has 0 aromatic heterocycles. The van der Waals surface area contributed by atoms with Gasteiger partial charge in [0, 0.05) is 19.7 Å². The second-order valence-corrected chi connectivity index (χ2v) is 3.73. The molecule has 0 aliphatic carbocycles. The van der Waals surface area contributed by atoms with E-state index in [1.807, 2.05) is 4.90 Å². The number of nitrogens with zero attached hydrogens (tertiary/aromatic N) is 1. The Morgan fingerprint density at radius 1 is 1.57 bits per heavy atom. The molecule has 2 saturated heterocycles. The summed E-state index contributed by atoms with van der Waals surface area (Å²) in [5, 5.41) is 0. The third-order valence-electron chi connectivity index (χ3n) is 2.77. The molecule has 0 aromatic carbocycles. The van der Waals surface area contributed by atoms with Gasteiger partial charge in [-0.25, -0.2) is 0 Å². The number of ether oxygens (including phenoxy) is 2. The highest BCUT2D eigenvalue weighted by Gasteiger charge is 2.32. The summed E-state index contributed by atoms with van der Waals surface area (Å²) in [6, 6.07) is 0.237. The predicted molar refractivity (Wildman–Crippen MR) is 49.7 cm³/mol. The van der Waals surface area contributed by atoms with Gasteiger partial charge in [-0.15, -0.1) is 0 Å². The van der Waals surface area contributed by atoms with Crippen LogP contribution in [-0.2, 0) is 14.3 Å². The van der Waals surface area contributed by atoms with E-state index in [1.165, 1.54) is 0 Å². The minimum absolute atomic E-state index is 0.00620. The van der Waals surface area contributed by atoms with E-state index in [0.717, 1.165) is 13.0 Å². The van der Waals surface area contributed by atoms with Gasteiger partial charge in [0.2, 0.25) is 5.91 Å². The number of morpholine rings is 1. The van der Waals surface area contributed by atoms with Gasteiger partial charge >= 0.3 is 0 Å². The fourth-order valence-corrected chi connectivity index (χ4v) is 1.91. The predicted octanol–water partition coefficient (Wildman–Crippen LogP) is -1.04. The molecule has 2 heterocycles. The summed E-state index contributed by atoms with van der Waals surface area (Å²) < 4.78 is 10.5. The highest BCUT2D eigenvalue weighted by Crippen LogP contribution is 2.16. The number of hydrogen-bond donors (Lipinski definition) is 1. The van der Waals surface area contributed by atoms with Gasteiger partial charge in [0.15, 0.2) is 0 Å². The monoisotopic (exact) mass is 200 g/mol. The summed E-state index contributed by atoms with van der Waals surface area (Å²) in [6.07, 6.45) is 0.927. The Morgan fingerprint density at radius 3 is 3.07 bits per heavy atom. The van der Waals surface area contributed by atoms with E-state index >= 15 is 0 Å². The van der Waals surface area contributed by atoms with Crippen LogP contribution in [0.4, 0.5) is 0 Å². The second-order valence-electron chi connectivity index (χ2n) is 3.73. The van der Waals surface area contributed by atoms with Crippen LogP contribution in [0.5, 0.6) is 0 Å². The molecular formula is C9H16N2O3. The largest absolute Gasteiger partial charge is 0.379 e. The van der Waals surface area contributed by atoms with Crippen molar-refractivity contribution in [2.24, 2.45) is 5.73 Å². The zero-order valence-electron chi connectivity index (χ0n) is 8.15. The third kappa shape index (κ3) is 1.89. The number of hydrogen-bond acceptors (Lipinski definition) is 4. The van der Waals surface area contributed by atoms with Gasteiger partial charge in [0.25, 0.3) is 0 Å². The standard InChI is InChI=1S/C9H16N2O3/c10-3-8-4-11(9(12)6-14-8)7-1-2-13-5-7/h7-8H,1-6,10H2. The van der Waals surface area contributed by atoms with Crippen LogP contribution in [0.2, 0.25) is 0 Å². The lowest BCUT2D eigenvalue weighted by Gasteiger charge is -2.35. The Labute approximate surface area is 83.1 Å². The van der Waals surface area contributed by atoms with Crippen LogP contribution in [-0.4, -0.2) is 55.9 Å². The molecule has 0 radical (unpaired) electrons. The molecule has 0 aromatic rings. The maximum Gasteiger partial charge on any atom is 0.249 e. The zero-order valence-corrected chi connectivity index (χ0v) is 8.15. The average molecular weight is 200 g/mol. The van der Waals surface area contributed by atoms with E-state index in [4.69, 9.17) is 15.2 Å². The maximum atomic E-state index is 11.5. The number of carbonyl (C=O) groups is 1. The van der Waals surface area contributed by atoms with Crippen LogP contribution in [0.15, 0.2) is 0 Å². The molecule has 2 unspecified atom stereocenters. The summed E-state index contributed by atoms with van der Waals surface area (Å²) in [6.45, 7) is 2.66. The van der Waals surface area contributed by atoms with Crippen LogP contribution < -0.4 is 5.73 Å². The quantitative estimate of drug-likeness (QED) is 0.618. The molecular weight excluding hydrogens is 184 g/mol.